The predicted octanol–water partition coefficient (Wildman–Crippen LogP) is 1.20. The number of hydrogen-bond donors (Lipinski definition) is 4. The Morgan fingerprint density at radius 2 is 1.65 bits per heavy atom. The van der Waals surface area contributed by atoms with Crippen LogP contribution in [0.5, 0.6) is 0 Å². The standard InChI is InChI=1S/C17H24N3O10P/c1-17(12(13(21)22)14(23)27-2,18-15(24)20-31(26,28-3)29-4)19-16(25)30-10-11-8-6-5-7-9-11/h5-9,12H,10H2,1-4H3,(H,19,25)(H,21,22)(H2,18,20,24,26)/t12-,17?/m0/s1. The summed E-state index contributed by atoms with van der Waals surface area (Å²) in [4.78, 5) is 48.4. The zero-order valence-electron chi connectivity index (χ0n) is 17.2. The lowest BCUT2D eigenvalue weighted by atomic mass is 9.94. The molecule has 0 radical (unpaired) electrons. The first-order valence-corrected chi connectivity index (χ1v) is 10.2. The van der Waals surface area contributed by atoms with Crippen LogP contribution < -0.4 is 15.7 Å². The Bertz CT molecular complexity index is 842. The number of esters is 1. The van der Waals surface area contributed by atoms with Crippen LogP contribution in [0.4, 0.5) is 9.59 Å². The fraction of sp³-hybridized carbons (Fsp3) is 0.412. The van der Waals surface area contributed by atoms with Crippen LogP contribution in [0.2, 0.25) is 0 Å². The Morgan fingerprint density at radius 1 is 1.06 bits per heavy atom. The third-order valence-corrected chi connectivity index (χ3v) is 5.37. The van der Waals surface area contributed by atoms with Crippen molar-refractivity contribution in [3.63, 3.8) is 0 Å². The SMILES string of the molecule is COC(=O)[C@H](C(=O)O)C(C)(NC(=O)NP(=O)(OC)OC)NC(=O)OCc1ccccc1. The first-order valence-electron chi connectivity index (χ1n) is 8.61. The van der Waals surface area contributed by atoms with Crippen LogP contribution in [0.15, 0.2) is 30.3 Å². The second-order valence-corrected chi connectivity index (χ2v) is 8.06. The lowest BCUT2D eigenvalue weighted by Crippen LogP contribution is -2.67. The van der Waals surface area contributed by atoms with Crippen molar-refractivity contribution in [3.8, 4) is 0 Å². The maximum Gasteiger partial charge on any atom is 0.435 e. The van der Waals surface area contributed by atoms with E-state index in [2.05, 4.69) is 24.4 Å². The van der Waals surface area contributed by atoms with Crippen molar-refractivity contribution < 1.29 is 47.4 Å². The van der Waals surface area contributed by atoms with E-state index in [0.717, 1.165) is 28.3 Å². The molecule has 2 atom stereocenters. The Hall–Kier alpha value is -3.15. The highest BCUT2D eigenvalue weighted by atomic mass is 31.2. The molecule has 1 aromatic rings. The van der Waals surface area contributed by atoms with E-state index < -0.39 is 43.4 Å². The van der Waals surface area contributed by atoms with Crippen LogP contribution in [0.3, 0.4) is 0 Å². The highest BCUT2D eigenvalue weighted by Gasteiger charge is 2.48. The number of aliphatic carboxylic acids is 1. The van der Waals surface area contributed by atoms with Gasteiger partial charge in [-0.1, -0.05) is 30.3 Å². The summed E-state index contributed by atoms with van der Waals surface area (Å²) in [7, 11) is -1.14. The molecule has 0 saturated carbocycles. The Kier molecular flexibility index (Phi) is 9.43. The summed E-state index contributed by atoms with van der Waals surface area (Å²) in [6.07, 6.45) is -1.15. The van der Waals surface area contributed by atoms with Gasteiger partial charge in [0.15, 0.2) is 5.92 Å². The number of rotatable bonds is 10. The van der Waals surface area contributed by atoms with Crippen LogP contribution in [0.1, 0.15) is 12.5 Å². The third kappa shape index (κ3) is 7.55. The van der Waals surface area contributed by atoms with E-state index in [0.29, 0.717) is 5.56 Å². The second kappa shape index (κ2) is 11.3. The van der Waals surface area contributed by atoms with Crippen molar-refractivity contribution >= 4 is 31.8 Å². The van der Waals surface area contributed by atoms with Crippen LogP contribution in [-0.2, 0) is 39.3 Å². The smallest absolute Gasteiger partial charge is 0.435 e. The minimum absolute atomic E-state index is 0.173. The summed E-state index contributed by atoms with van der Waals surface area (Å²) in [6, 6.07) is 7.28. The summed E-state index contributed by atoms with van der Waals surface area (Å²) in [5.74, 6) is -5.10. The summed E-state index contributed by atoms with van der Waals surface area (Å²) in [5.41, 5.74) is -1.64. The van der Waals surface area contributed by atoms with Crippen molar-refractivity contribution in [3.05, 3.63) is 35.9 Å². The second-order valence-electron chi connectivity index (χ2n) is 6.11. The van der Waals surface area contributed by atoms with Crippen molar-refractivity contribution in [2.45, 2.75) is 19.2 Å². The molecule has 0 fully saturated rings. The molecule has 1 rings (SSSR count). The molecule has 0 saturated heterocycles. The first kappa shape index (κ1) is 25.9. The number of methoxy groups -OCH3 is 1. The maximum absolute atomic E-state index is 12.3. The van der Waals surface area contributed by atoms with Crippen LogP contribution in [0, 0.1) is 5.92 Å². The molecule has 13 nitrogen and oxygen atoms in total. The molecule has 0 spiro atoms. The lowest BCUT2D eigenvalue weighted by Gasteiger charge is -2.35. The molecule has 0 heterocycles. The zero-order valence-corrected chi connectivity index (χ0v) is 18.1. The molecule has 1 aromatic carbocycles. The molecule has 14 heteroatoms. The first-order chi connectivity index (χ1) is 14.5. The van der Waals surface area contributed by atoms with E-state index in [-0.39, 0.29) is 6.61 Å². The summed E-state index contributed by atoms with van der Waals surface area (Å²) < 4.78 is 30.7. The molecule has 0 aromatic heterocycles. The van der Waals surface area contributed by atoms with Crippen LogP contribution >= 0.6 is 7.75 Å². The number of amides is 3. The van der Waals surface area contributed by atoms with Crippen LogP contribution in [-0.4, -0.2) is 56.2 Å². The molecule has 4 N–H and O–H groups in total. The topological polar surface area (TPSA) is 179 Å². The average molecular weight is 461 g/mol. The van der Waals surface area contributed by atoms with Gasteiger partial charge in [-0.3, -0.25) is 24.0 Å². The molecule has 1 unspecified atom stereocenters. The van der Waals surface area contributed by atoms with E-state index in [9.17, 15) is 28.8 Å². The molecule has 0 bridgehead atoms. The molecule has 31 heavy (non-hydrogen) atoms. The van der Waals surface area contributed by atoms with E-state index in [1.54, 1.807) is 30.3 Å². The lowest BCUT2D eigenvalue weighted by molar-refractivity contribution is -0.161. The highest BCUT2D eigenvalue weighted by Crippen LogP contribution is 2.41. The molecule has 172 valence electrons. The fourth-order valence-corrected chi connectivity index (χ4v) is 3.04. The van der Waals surface area contributed by atoms with Gasteiger partial charge in [0.1, 0.15) is 12.3 Å². The quantitative estimate of drug-likeness (QED) is 0.171. The van der Waals surface area contributed by atoms with Crippen molar-refractivity contribution in [1.82, 2.24) is 15.7 Å². The van der Waals surface area contributed by atoms with Crippen molar-refractivity contribution in [2.75, 3.05) is 21.3 Å². The van der Waals surface area contributed by atoms with Gasteiger partial charge in [0.2, 0.25) is 0 Å². The number of carbonyl (C=O) groups is 4. The summed E-state index contributed by atoms with van der Waals surface area (Å²) >= 11 is 0. The third-order valence-electron chi connectivity index (χ3n) is 3.93. The number of carbonyl (C=O) groups excluding carboxylic acids is 3. The van der Waals surface area contributed by atoms with Gasteiger partial charge in [0.25, 0.3) is 0 Å². The molecular weight excluding hydrogens is 437 g/mol. The molecular formula is C17H24N3O10P. The monoisotopic (exact) mass is 461 g/mol. The number of carboxylic acid groups (broad SMARTS) is 1. The number of alkyl carbamates (subject to hydrolysis) is 1. The minimum Gasteiger partial charge on any atom is -0.480 e. The molecule has 0 aliphatic heterocycles. The maximum atomic E-state index is 12.3. The zero-order chi connectivity index (χ0) is 23.7. The van der Waals surface area contributed by atoms with Crippen molar-refractivity contribution in [1.29, 1.82) is 0 Å². The number of benzene rings is 1. The van der Waals surface area contributed by atoms with E-state index in [1.807, 2.05) is 5.09 Å². The van der Waals surface area contributed by atoms with Gasteiger partial charge in [-0.25, -0.2) is 19.2 Å². The Balaban J connectivity index is 3.09. The average Bonchev–Trinajstić information content (AvgIpc) is 2.72. The minimum atomic E-state index is -4.06. The highest BCUT2D eigenvalue weighted by molar-refractivity contribution is 7.52. The summed E-state index contributed by atoms with van der Waals surface area (Å²) in [6.45, 7) is 0.851. The number of nitrogens with one attached hydrogen (secondary N) is 3. The van der Waals surface area contributed by atoms with Crippen LogP contribution in [0.25, 0.3) is 0 Å². The summed E-state index contributed by atoms with van der Waals surface area (Å²) in [5, 5.41) is 15.5. The van der Waals surface area contributed by atoms with Gasteiger partial charge < -0.3 is 19.9 Å². The number of carboxylic acids is 1. The van der Waals surface area contributed by atoms with E-state index in [4.69, 9.17) is 4.74 Å². The van der Waals surface area contributed by atoms with Crippen molar-refractivity contribution in [2.24, 2.45) is 5.92 Å². The fourth-order valence-electron chi connectivity index (χ4n) is 2.40. The van der Waals surface area contributed by atoms with Gasteiger partial charge in [0.05, 0.1) is 7.11 Å². The number of urea groups is 1. The molecule has 0 aliphatic rings. The van der Waals surface area contributed by atoms with Gasteiger partial charge in [0, 0.05) is 14.2 Å². The molecule has 0 aliphatic carbocycles. The van der Waals surface area contributed by atoms with Gasteiger partial charge in [-0.05, 0) is 12.5 Å². The van der Waals surface area contributed by atoms with Gasteiger partial charge in [-0.15, -0.1) is 0 Å². The van der Waals surface area contributed by atoms with E-state index >= 15 is 0 Å². The largest absolute Gasteiger partial charge is 0.480 e. The number of hydrogen-bond acceptors (Lipinski definition) is 9. The molecule has 3 amide bonds. The Labute approximate surface area is 178 Å². The van der Waals surface area contributed by atoms with Gasteiger partial charge in [-0.2, -0.15) is 0 Å². The normalized spacial score (nSPS) is 13.8. The Morgan fingerprint density at radius 3 is 2.13 bits per heavy atom. The number of ether oxygens (including phenoxy) is 2. The van der Waals surface area contributed by atoms with E-state index in [1.165, 1.54) is 0 Å². The predicted molar refractivity (Wildman–Crippen MR) is 105 cm³/mol. The van der Waals surface area contributed by atoms with Gasteiger partial charge >= 0.3 is 31.8 Å².